The first kappa shape index (κ1) is 28.2. The summed E-state index contributed by atoms with van der Waals surface area (Å²) in [6.07, 6.45) is 7.06. The summed E-state index contributed by atoms with van der Waals surface area (Å²) in [4.78, 5) is 30.5. The van der Waals surface area contributed by atoms with Crippen LogP contribution < -0.4 is 14.2 Å². The Morgan fingerprint density at radius 2 is 1.80 bits per heavy atom. The SMILES string of the molecule is O=C(Cc1cc(Cl)c2c(c1)OCCO2)N1CCC2(CCCCOC[C@@H]3CCCN3C(=O)c3cccc(c3)OC2)CC1. The van der Waals surface area contributed by atoms with Gasteiger partial charge in [-0.2, -0.15) is 0 Å². The predicted octanol–water partition coefficient (Wildman–Crippen LogP) is 5.15. The molecule has 1 spiro atoms. The van der Waals surface area contributed by atoms with Crippen molar-refractivity contribution in [2.75, 3.05) is 52.7 Å². The molecule has 0 aromatic heterocycles. The van der Waals surface area contributed by atoms with Gasteiger partial charge in [0.25, 0.3) is 5.91 Å². The smallest absolute Gasteiger partial charge is 0.254 e. The number of ether oxygens (including phenoxy) is 4. The van der Waals surface area contributed by atoms with Crippen LogP contribution in [0.1, 0.15) is 60.9 Å². The average Bonchev–Trinajstić information content (AvgIpc) is 3.46. The fourth-order valence-corrected chi connectivity index (χ4v) is 6.86. The number of piperidine rings is 1. The first-order valence-corrected chi connectivity index (χ1v) is 15.3. The highest BCUT2D eigenvalue weighted by atomic mass is 35.5. The Kier molecular flexibility index (Phi) is 8.58. The summed E-state index contributed by atoms with van der Waals surface area (Å²) in [6.45, 7) is 4.96. The van der Waals surface area contributed by atoms with Gasteiger partial charge in [-0.05, 0) is 74.4 Å². The third-order valence-corrected chi connectivity index (χ3v) is 9.29. The zero-order valence-electron chi connectivity index (χ0n) is 23.6. The van der Waals surface area contributed by atoms with Crippen molar-refractivity contribution in [3.63, 3.8) is 0 Å². The van der Waals surface area contributed by atoms with Crippen molar-refractivity contribution in [2.45, 2.75) is 57.4 Å². The van der Waals surface area contributed by atoms with Crippen LogP contribution in [0.15, 0.2) is 36.4 Å². The molecule has 9 heteroatoms. The second kappa shape index (κ2) is 12.5. The van der Waals surface area contributed by atoms with Gasteiger partial charge in [-0.15, -0.1) is 0 Å². The van der Waals surface area contributed by atoms with Crippen molar-refractivity contribution < 1.29 is 28.5 Å². The van der Waals surface area contributed by atoms with E-state index in [9.17, 15) is 9.59 Å². The second-order valence-electron chi connectivity index (χ2n) is 11.8. The lowest BCUT2D eigenvalue weighted by atomic mass is 9.75. The monoisotopic (exact) mass is 582 g/mol. The molecular weight excluding hydrogens is 544 g/mol. The van der Waals surface area contributed by atoms with Crippen molar-refractivity contribution in [3.8, 4) is 17.2 Å². The van der Waals surface area contributed by atoms with E-state index in [4.69, 9.17) is 30.5 Å². The van der Waals surface area contributed by atoms with E-state index in [1.165, 1.54) is 0 Å². The highest BCUT2D eigenvalue weighted by Gasteiger charge is 2.37. The molecule has 2 saturated heterocycles. The molecule has 0 unspecified atom stereocenters. The molecule has 0 aliphatic carbocycles. The van der Waals surface area contributed by atoms with Crippen molar-refractivity contribution in [2.24, 2.45) is 5.41 Å². The maximum atomic E-state index is 13.3. The largest absolute Gasteiger partial charge is 0.493 e. The minimum Gasteiger partial charge on any atom is -0.493 e. The van der Waals surface area contributed by atoms with Crippen molar-refractivity contribution in [1.82, 2.24) is 9.80 Å². The van der Waals surface area contributed by atoms with Gasteiger partial charge in [0.15, 0.2) is 11.5 Å². The zero-order chi connectivity index (χ0) is 28.2. The number of halogens is 1. The van der Waals surface area contributed by atoms with Crippen LogP contribution in [-0.4, -0.2) is 80.3 Å². The lowest BCUT2D eigenvalue weighted by molar-refractivity contribution is -0.133. The Balaban J connectivity index is 1.11. The van der Waals surface area contributed by atoms with Gasteiger partial charge in [0, 0.05) is 37.2 Å². The number of likely N-dealkylation sites (tertiary alicyclic amines) is 1. The van der Waals surface area contributed by atoms with Crippen LogP contribution in [0.25, 0.3) is 0 Å². The third-order valence-electron chi connectivity index (χ3n) is 9.01. The van der Waals surface area contributed by atoms with Crippen LogP contribution in [0.5, 0.6) is 17.2 Å². The van der Waals surface area contributed by atoms with E-state index in [0.29, 0.717) is 68.2 Å². The number of carbonyl (C=O) groups is 2. The number of nitrogens with zero attached hydrogens (tertiary/aromatic N) is 2. The minimum atomic E-state index is -0.0305. The highest BCUT2D eigenvalue weighted by molar-refractivity contribution is 6.32. The van der Waals surface area contributed by atoms with Crippen LogP contribution >= 0.6 is 11.6 Å². The number of benzene rings is 2. The van der Waals surface area contributed by atoms with E-state index in [2.05, 4.69) is 0 Å². The molecule has 6 rings (SSSR count). The molecule has 2 aromatic rings. The second-order valence-corrected chi connectivity index (χ2v) is 12.2. The summed E-state index contributed by atoms with van der Waals surface area (Å²) < 4.78 is 23.7. The maximum absolute atomic E-state index is 13.3. The fraction of sp³-hybridized carbons (Fsp3) is 0.562. The van der Waals surface area contributed by atoms with E-state index in [0.717, 1.165) is 62.8 Å². The molecular formula is C32H39ClN2O6. The molecule has 4 heterocycles. The Labute approximate surface area is 246 Å². The Morgan fingerprint density at radius 3 is 2.68 bits per heavy atom. The van der Waals surface area contributed by atoms with Crippen LogP contribution in [0.2, 0.25) is 5.02 Å². The zero-order valence-corrected chi connectivity index (χ0v) is 24.3. The molecule has 4 aliphatic heterocycles. The Morgan fingerprint density at radius 1 is 0.951 bits per heavy atom. The molecule has 41 heavy (non-hydrogen) atoms. The maximum Gasteiger partial charge on any atom is 0.254 e. The number of amides is 2. The Bertz CT molecular complexity index is 1260. The van der Waals surface area contributed by atoms with E-state index < -0.39 is 0 Å². The summed E-state index contributed by atoms with van der Waals surface area (Å²) in [5.41, 5.74) is 1.46. The Hall–Kier alpha value is -2.97. The first-order chi connectivity index (χ1) is 20.0. The van der Waals surface area contributed by atoms with Gasteiger partial charge in [-0.3, -0.25) is 9.59 Å². The van der Waals surface area contributed by atoms with Crippen molar-refractivity contribution >= 4 is 23.4 Å². The van der Waals surface area contributed by atoms with E-state index in [1.807, 2.05) is 40.1 Å². The van der Waals surface area contributed by atoms with Crippen LogP contribution in [0.3, 0.4) is 0 Å². The lowest BCUT2D eigenvalue weighted by Gasteiger charge is -2.42. The summed E-state index contributed by atoms with van der Waals surface area (Å²) >= 11 is 6.40. The molecule has 2 bridgehead atoms. The van der Waals surface area contributed by atoms with E-state index >= 15 is 0 Å². The number of rotatable bonds is 2. The molecule has 0 saturated carbocycles. The minimum absolute atomic E-state index is 0.0305. The number of carbonyl (C=O) groups excluding carboxylic acids is 2. The van der Waals surface area contributed by atoms with Gasteiger partial charge in [0.05, 0.1) is 30.7 Å². The normalized spacial score (nSPS) is 22.9. The van der Waals surface area contributed by atoms with E-state index in [1.54, 1.807) is 6.07 Å². The summed E-state index contributed by atoms with van der Waals surface area (Å²) in [5.74, 6) is 2.03. The van der Waals surface area contributed by atoms with Gasteiger partial charge in [-0.25, -0.2) is 0 Å². The molecule has 4 aliphatic rings. The molecule has 220 valence electrons. The average molecular weight is 583 g/mol. The standard InChI is InChI=1S/C32H39ClN2O6/c33-27-17-23(18-28-30(27)40-16-15-39-28)19-29(36)34-12-9-32(10-13-34)8-1-2-14-38-21-25-6-4-11-35(25)31(37)24-5-3-7-26(20-24)41-22-32/h3,5,7,17-18,20,25H,1-2,4,6,8-16,19,21-22H2/t25-/m0/s1. The summed E-state index contributed by atoms with van der Waals surface area (Å²) in [6, 6.07) is 11.4. The summed E-state index contributed by atoms with van der Waals surface area (Å²) in [5, 5.41) is 0.477. The van der Waals surface area contributed by atoms with Crippen LogP contribution in [0.4, 0.5) is 0 Å². The number of hydrogen-bond acceptors (Lipinski definition) is 6. The predicted molar refractivity (Wildman–Crippen MR) is 155 cm³/mol. The molecule has 0 radical (unpaired) electrons. The van der Waals surface area contributed by atoms with Gasteiger partial charge in [0.1, 0.15) is 19.0 Å². The van der Waals surface area contributed by atoms with Gasteiger partial charge >= 0.3 is 0 Å². The first-order valence-electron chi connectivity index (χ1n) is 15.0. The molecule has 2 amide bonds. The van der Waals surface area contributed by atoms with Gasteiger partial charge in [0.2, 0.25) is 5.91 Å². The van der Waals surface area contributed by atoms with E-state index in [-0.39, 0.29) is 29.7 Å². The van der Waals surface area contributed by atoms with Gasteiger partial charge < -0.3 is 28.7 Å². The van der Waals surface area contributed by atoms with Crippen LogP contribution in [-0.2, 0) is 16.0 Å². The number of fused-ring (bicyclic) bond motifs is 4. The molecule has 8 nitrogen and oxygen atoms in total. The number of hydrogen-bond donors (Lipinski definition) is 0. The lowest BCUT2D eigenvalue weighted by Crippen LogP contribution is -2.46. The van der Waals surface area contributed by atoms with Crippen molar-refractivity contribution in [3.05, 3.63) is 52.5 Å². The van der Waals surface area contributed by atoms with Crippen molar-refractivity contribution in [1.29, 1.82) is 0 Å². The summed E-state index contributed by atoms with van der Waals surface area (Å²) in [7, 11) is 0. The molecule has 0 N–H and O–H groups in total. The quantitative estimate of drug-likeness (QED) is 0.488. The highest BCUT2D eigenvalue weighted by Crippen LogP contribution is 2.40. The molecule has 1 atom stereocenters. The topological polar surface area (TPSA) is 77.5 Å². The van der Waals surface area contributed by atoms with Gasteiger partial charge in [-0.1, -0.05) is 24.1 Å². The van der Waals surface area contributed by atoms with Crippen LogP contribution in [0, 0.1) is 5.41 Å². The molecule has 2 aromatic carbocycles. The fourth-order valence-electron chi connectivity index (χ4n) is 6.57. The molecule has 2 fully saturated rings. The third kappa shape index (κ3) is 6.44.